The van der Waals surface area contributed by atoms with E-state index < -0.39 is 0 Å². The molecule has 0 amide bonds. The highest BCUT2D eigenvalue weighted by Gasteiger charge is 2.02. The summed E-state index contributed by atoms with van der Waals surface area (Å²) in [6.07, 6.45) is 2.01. The molecule has 1 aromatic carbocycles. The molecule has 0 aromatic heterocycles. The molecule has 3 heteroatoms. The van der Waals surface area contributed by atoms with Gasteiger partial charge in [-0.15, -0.1) is 0 Å². The Bertz CT molecular complexity index is 299. The highest BCUT2D eigenvalue weighted by molar-refractivity contribution is 9.10. The molecule has 1 atom stereocenters. The number of halogens is 1. The Morgan fingerprint density at radius 2 is 2.21 bits per heavy atom. The van der Waals surface area contributed by atoms with Crippen LogP contribution in [0.5, 0.6) is 5.75 Å². The summed E-state index contributed by atoms with van der Waals surface area (Å²) in [5, 5.41) is 0. The summed E-state index contributed by atoms with van der Waals surface area (Å²) in [7, 11) is 1.68. The lowest BCUT2D eigenvalue weighted by Gasteiger charge is -2.08. The Hall–Kier alpha value is -0.540. The summed E-state index contributed by atoms with van der Waals surface area (Å²) in [6.45, 7) is 2.02. The van der Waals surface area contributed by atoms with E-state index in [0.717, 1.165) is 23.1 Å². The van der Waals surface area contributed by atoms with Gasteiger partial charge in [0.1, 0.15) is 5.75 Å². The van der Waals surface area contributed by atoms with Gasteiger partial charge in [-0.05, 0) is 53.4 Å². The smallest absolute Gasteiger partial charge is 0.133 e. The lowest BCUT2D eigenvalue weighted by molar-refractivity contribution is 0.411. The summed E-state index contributed by atoms with van der Waals surface area (Å²) in [6, 6.07) is 6.40. The van der Waals surface area contributed by atoms with E-state index in [0.29, 0.717) is 0 Å². The average Bonchev–Trinajstić information content (AvgIpc) is 2.16. The van der Waals surface area contributed by atoms with Crippen molar-refractivity contribution in [2.45, 2.75) is 25.8 Å². The first-order chi connectivity index (χ1) is 6.63. The van der Waals surface area contributed by atoms with Gasteiger partial charge in [0.05, 0.1) is 11.6 Å². The molecule has 0 radical (unpaired) electrons. The SMILES string of the molecule is COc1cc(CC[C@H](C)N)ccc1Br. The van der Waals surface area contributed by atoms with E-state index in [1.54, 1.807) is 7.11 Å². The molecule has 0 spiro atoms. The minimum Gasteiger partial charge on any atom is -0.496 e. The van der Waals surface area contributed by atoms with Crippen LogP contribution < -0.4 is 10.5 Å². The third-order valence-electron chi connectivity index (χ3n) is 2.10. The first-order valence-electron chi connectivity index (χ1n) is 4.71. The van der Waals surface area contributed by atoms with Crippen molar-refractivity contribution in [1.29, 1.82) is 0 Å². The lowest BCUT2D eigenvalue weighted by Crippen LogP contribution is -2.15. The van der Waals surface area contributed by atoms with Crippen LogP contribution in [0.15, 0.2) is 22.7 Å². The monoisotopic (exact) mass is 257 g/mol. The molecule has 2 nitrogen and oxygen atoms in total. The molecule has 1 rings (SSSR count). The zero-order valence-electron chi connectivity index (χ0n) is 8.59. The molecule has 0 aliphatic carbocycles. The normalized spacial score (nSPS) is 12.6. The van der Waals surface area contributed by atoms with Crippen molar-refractivity contribution in [2.24, 2.45) is 5.73 Å². The van der Waals surface area contributed by atoms with Gasteiger partial charge in [-0.25, -0.2) is 0 Å². The largest absolute Gasteiger partial charge is 0.496 e. The number of rotatable bonds is 4. The number of ether oxygens (including phenoxy) is 1. The Morgan fingerprint density at radius 1 is 1.50 bits per heavy atom. The van der Waals surface area contributed by atoms with Crippen molar-refractivity contribution >= 4 is 15.9 Å². The van der Waals surface area contributed by atoms with Gasteiger partial charge in [-0.1, -0.05) is 6.07 Å². The fourth-order valence-corrected chi connectivity index (χ4v) is 1.66. The molecular weight excluding hydrogens is 242 g/mol. The van der Waals surface area contributed by atoms with Gasteiger partial charge < -0.3 is 10.5 Å². The van der Waals surface area contributed by atoms with Crippen molar-refractivity contribution in [1.82, 2.24) is 0 Å². The fraction of sp³-hybridized carbons (Fsp3) is 0.455. The third kappa shape index (κ3) is 3.31. The van der Waals surface area contributed by atoms with E-state index in [-0.39, 0.29) is 6.04 Å². The van der Waals surface area contributed by atoms with E-state index in [4.69, 9.17) is 10.5 Å². The van der Waals surface area contributed by atoms with Crippen LogP contribution in [0.25, 0.3) is 0 Å². The lowest BCUT2D eigenvalue weighted by atomic mass is 10.1. The quantitative estimate of drug-likeness (QED) is 0.901. The predicted octanol–water partition coefficient (Wildman–Crippen LogP) is 2.74. The second-order valence-corrected chi connectivity index (χ2v) is 4.34. The highest BCUT2D eigenvalue weighted by Crippen LogP contribution is 2.26. The van der Waals surface area contributed by atoms with E-state index >= 15 is 0 Å². The zero-order valence-corrected chi connectivity index (χ0v) is 10.2. The van der Waals surface area contributed by atoms with Crippen LogP contribution in [0.1, 0.15) is 18.9 Å². The van der Waals surface area contributed by atoms with E-state index in [2.05, 4.69) is 22.0 Å². The topological polar surface area (TPSA) is 35.2 Å². The number of benzene rings is 1. The molecule has 0 fully saturated rings. The van der Waals surface area contributed by atoms with Gasteiger partial charge in [0.15, 0.2) is 0 Å². The molecule has 0 unspecified atom stereocenters. The van der Waals surface area contributed by atoms with E-state index in [9.17, 15) is 0 Å². The number of hydrogen-bond donors (Lipinski definition) is 1. The van der Waals surface area contributed by atoms with Crippen LogP contribution in [0.4, 0.5) is 0 Å². The molecule has 0 heterocycles. The number of nitrogens with two attached hydrogens (primary N) is 1. The Morgan fingerprint density at radius 3 is 2.79 bits per heavy atom. The first kappa shape index (κ1) is 11.5. The van der Waals surface area contributed by atoms with Gasteiger partial charge >= 0.3 is 0 Å². The summed E-state index contributed by atoms with van der Waals surface area (Å²) >= 11 is 3.42. The van der Waals surface area contributed by atoms with Crippen LogP contribution in [0.2, 0.25) is 0 Å². The molecule has 14 heavy (non-hydrogen) atoms. The maximum atomic E-state index is 5.70. The molecule has 78 valence electrons. The fourth-order valence-electron chi connectivity index (χ4n) is 1.25. The van der Waals surface area contributed by atoms with E-state index in [1.807, 2.05) is 19.1 Å². The maximum absolute atomic E-state index is 5.70. The van der Waals surface area contributed by atoms with Crippen molar-refractivity contribution in [2.75, 3.05) is 7.11 Å². The van der Waals surface area contributed by atoms with Gasteiger partial charge in [0, 0.05) is 6.04 Å². The van der Waals surface area contributed by atoms with Crippen molar-refractivity contribution in [3.05, 3.63) is 28.2 Å². The maximum Gasteiger partial charge on any atom is 0.133 e. The van der Waals surface area contributed by atoms with E-state index in [1.165, 1.54) is 5.56 Å². The van der Waals surface area contributed by atoms with Gasteiger partial charge in [0.25, 0.3) is 0 Å². The van der Waals surface area contributed by atoms with Crippen molar-refractivity contribution < 1.29 is 4.74 Å². The second-order valence-electron chi connectivity index (χ2n) is 3.48. The molecule has 0 aliphatic heterocycles. The minimum absolute atomic E-state index is 0.254. The Balaban J connectivity index is 2.69. The zero-order chi connectivity index (χ0) is 10.6. The second kappa shape index (κ2) is 5.37. The summed E-state index contributed by atoms with van der Waals surface area (Å²) in [4.78, 5) is 0. The number of methoxy groups -OCH3 is 1. The highest BCUT2D eigenvalue weighted by atomic mass is 79.9. The molecule has 0 saturated heterocycles. The standard InChI is InChI=1S/C11H16BrNO/c1-8(13)3-4-9-5-6-10(12)11(7-9)14-2/h5-8H,3-4,13H2,1-2H3/t8-/m0/s1. The molecule has 2 N–H and O–H groups in total. The first-order valence-corrected chi connectivity index (χ1v) is 5.50. The summed E-state index contributed by atoms with van der Waals surface area (Å²) in [5.74, 6) is 0.882. The van der Waals surface area contributed by atoms with Crippen LogP contribution in [0.3, 0.4) is 0 Å². The van der Waals surface area contributed by atoms with Gasteiger partial charge in [-0.2, -0.15) is 0 Å². The van der Waals surface area contributed by atoms with Gasteiger partial charge in [-0.3, -0.25) is 0 Å². The molecule has 0 saturated carbocycles. The third-order valence-corrected chi connectivity index (χ3v) is 2.76. The molecule has 0 aliphatic rings. The van der Waals surface area contributed by atoms with Gasteiger partial charge in [0.2, 0.25) is 0 Å². The molecule has 0 bridgehead atoms. The summed E-state index contributed by atoms with van der Waals surface area (Å²) < 4.78 is 6.20. The van der Waals surface area contributed by atoms with Crippen LogP contribution in [0, 0.1) is 0 Å². The van der Waals surface area contributed by atoms with Crippen molar-refractivity contribution in [3.63, 3.8) is 0 Å². The van der Waals surface area contributed by atoms with Crippen LogP contribution >= 0.6 is 15.9 Å². The number of hydrogen-bond acceptors (Lipinski definition) is 2. The Labute approximate surface area is 93.6 Å². The van der Waals surface area contributed by atoms with Crippen LogP contribution in [-0.4, -0.2) is 13.2 Å². The molecule has 1 aromatic rings. The average molecular weight is 258 g/mol. The minimum atomic E-state index is 0.254. The Kier molecular flexibility index (Phi) is 4.42. The number of aryl methyl sites for hydroxylation is 1. The predicted molar refractivity (Wildman–Crippen MR) is 62.7 cm³/mol. The molecular formula is C11H16BrNO. The summed E-state index contributed by atoms with van der Waals surface area (Å²) in [5.41, 5.74) is 6.97. The van der Waals surface area contributed by atoms with Crippen molar-refractivity contribution in [3.8, 4) is 5.75 Å². The van der Waals surface area contributed by atoms with Crippen LogP contribution in [-0.2, 0) is 6.42 Å².